The molecule has 1 aromatic carbocycles. The van der Waals surface area contributed by atoms with Gasteiger partial charge in [-0.2, -0.15) is 0 Å². The van der Waals surface area contributed by atoms with Gasteiger partial charge < -0.3 is 5.32 Å². The van der Waals surface area contributed by atoms with Crippen LogP contribution in [0.2, 0.25) is 5.02 Å². The van der Waals surface area contributed by atoms with Crippen LogP contribution in [0.15, 0.2) is 24.3 Å². The van der Waals surface area contributed by atoms with E-state index in [9.17, 15) is 0 Å². The van der Waals surface area contributed by atoms with Gasteiger partial charge in [0.1, 0.15) is 0 Å². The van der Waals surface area contributed by atoms with Crippen LogP contribution in [0.1, 0.15) is 25.3 Å². The van der Waals surface area contributed by atoms with Gasteiger partial charge in [0.2, 0.25) is 0 Å². The van der Waals surface area contributed by atoms with Crippen molar-refractivity contribution in [1.82, 2.24) is 10.2 Å². The number of hydrogen-bond donors (Lipinski definition) is 1. The average Bonchev–Trinajstić information content (AvgIpc) is 2.85. The summed E-state index contributed by atoms with van der Waals surface area (Å²) in [5, 5.41) is 4.33. The molecule has 0 radical (unpaired) electrons. The summed E-state index contributed by atoms with van der Waals surface area (Å²) in [4.78, 5) is 2.56. The van der Waals surface area contributed by atoms with E-state index in [1.807, 2.05) is 12.1 Å². The molecule has 0 unspecified atom stereocenters. The first-order chi connectivity index (χ1) is 8.31. The highest BCUT2D eigenvalue weighted by Crippen LogP contribution is 2.20. The Labute approximate surface area is 109 Å². The maximum atomic E-state index is 6.23. The molecule has 0 spiro atoms. The molecule has 3 heteroatoms. The first kappa shape index (κ1) is 12.9. The number of benzene rings is 1. The van der Waals surface area contributed by atoms with Crippen LogP contribution in [0.5, 0.6) is 0 Å². The number of nitrogens with one attached hydrogen (secondary N) is 1. The fourth-order valence-electron chi connectivity index (χ4n) is 2.47. The highest BCUT2D eigenvalue weighted by molar-refractivity contribution is 6.31. The van der Waals surface area contributed by atoms with Crippen molar-refractivity contribution >= 4 is 11.6 Å². The molecule has 1 heterocycles. The molecular weight excluding hydrogens is 232 g/mol. The van der Waals surface area contributed by atoms with Crippen molar-refractivity contribution in [3.63, 3.8) is 0 Å². The Bertz CT molecular complexity index is 348. The second kappa shape index (κ2) is 6.39. The first-order valence-electron chi connectivity index (χ1n) is 6.49. The summed E-state index contributed by atoms with van der Waals surface area (Å²) in [7, 11) is 0. The number of nitrogens with zero attached hydrogens (tertiary/aromatic N) is 1. The minimum absolute atomic E-state index is 0.672. The Hall–Kier alpha value is -0.570. The molecule has 1 atom stereocenters. The zero-order chi connectivity index (χ0) is 12.1. The van der Waals surface area contributed by atoms with Gasteiger partial charge in [-0.05, 0) is 37.6 Å². The van der Waals surface area contributed by atoms with Crippen molar-refractivity contribution in [2.24, 2.45) is 0 Å². The van der Waals surface area contributed by atoms with Gasteiger partial charge in [0.05, 0.1) is 0 Å². The Morgan fingerprint density at radius 2 is 2.24 bits per heavy atom. The topological polar surface area (TPSA) is 15.3 Å². The quantitative estimate of drug-likeness (QED) is 0.867. The minimum Gasteiger partial charge on any atom is -0.315 e. The lowest BCUT2D eigenvalue weighted by Gasteiger charge is -2.28. The van der Waals surface area contributed by atoms with Crippen molar-refractivity contribution in [3.8, 4) is 0 Å². The van der Waals surface area contributed by atoms with Crippen LogP contribution >= 0.6 is 11.6 Å². The fourth-order valence-corrected chi connectivity index (χ4v) is 2.67. The molecule has 1 fully saturated rings. The summed E-state index contributed by atoms with van der Waals surface area (Å²) in [5.74, 6) is 0. The normalized spacial score (nSPS) is 20.1. The first-order valence-corrected chi connectivity index (χ1v) is 6.87. The molecule has 17 heavy (non-hydrogen) atoms. The molecule has 94 valence electrons. The fraction of sp³-hybridized carbons (Fsp3) is 0.571. The SMILES string of the molecule is CCCN(Cc1ccccc1Cl)[C@H]1CCNC1. The van der Waals surface area contributed by atoms with Gasteiger partial charge in [0.25, 0.3) is 0 Å². The highest BCUT2D eigenvalue weighted by Gasteiger charge is 2.22. The summed E-state index contributed by atoms with van der Waals surface area (Å²) in [6.07, 6.45) is 2.45. The second-order valence-electron chi connectivity index (χ2n) is 4.71. The molecule has 2 rings (SSSR count). The van der Waals surface area contributed by atoms with E-state index < -0.39 is 0 Å². The largest absolute Gasteiger partial charge is 0.315 e. The molecule has 1 saturated heterocycles. The van der Waals surface area contributed by atoms with Crippen LogP contribution in [0.25, 0.3) is 0 Å². The lowest BCUT2D eigenvalue weighted by Crippen LogP contribution is -2.36. The van der Waals surface area contributed by atoms with Crippen LogP contribution in [0, 0.1) is 0 Å². The molecule has 1 aliphatic heterocycles. The molecule has 2 nitrogen and oxygen atoms in total. The zero-order valence-electron chi connectivity index (χ0n) is 10.5. The van der Waals surface area contributed by atoms with E-state index in [4.69, 9.17) is 11.6 Å². The van der Waals surface area contributed by atoms with Gasteiger partial charge in [-0.25, -0.2) is 0 Å². The molecule has 0 amide bonds. The smallest absolute Gasteiger partial charge is 0.0451 e. The Morgan fingerprint density at radius 1 is 1.41 bits per heavy atom. The molecule has 0 aromatic heterocycles. The molecular formula is C14H21ClN2. The lowest BCUT2D eigenvalue weighted by molar-refractivity contribution is 0.199. The van der Waals surface area contributed by atoms with Gasteiger partial charge in [-0.1, -0.05) is 36.7 Å². The van der Waals surface area contributed by atoms with Gasteiger partial charge >= 0.3 is 0 Å². The average molecular weight is 253 g/mol. The van der Waals surface area contributed by atoms with Crippen LogP contribution in [-0.2, 0) is 6.54 Å². The van der Waals surface area contributed by atoms with Crippen molar-refractivity contribution < 1.29 is 0 Å². The van der Waals surface area contributed by atoms with Gasteiger partial charge in [-0.15, -0.1) is 0 Å². The van der Waals surface area contributed by atoms with Gasteiger partial charge in [-0.3, -0.25) is 4.90 Å². The third-order valence-electron chi connectivity index (χ3n) is 3.39. The number of hydrogen-bond acceptors (Lipinski definition) is 2. The molecule has 0 aliphatic carbocycles. The standard InChI is InChI=1S/C14H21ClN2/c1-2-9-17(13-7-8-16-10-13)11-12-5-3-4-6-14(12)15/h3-6,13,16H,2,7-11H2,1H3/t13-/m0/s1. The van der Waals surface area contributed by atoms with Crippen molar-refractivity contribution in [1.29, 1.82) is 0 Å². The second-order valence-corrected chi connectivity index (χ2v) is 5.12. The molecule has 1 aromatic rings. The Kier molecular flexibility index (Phi) is 4.84. The van der Waals surface area contributed by atoms with E-state index in [-0.39, 0.29) is 0 Å². The third kappa shape index (κ3) is 3.44. The maximum Gasteiger partial charge on any atom is 0.0451 e. The van der Waals surface area contributed by atoms with E-state index in [0.717, 1.165) is 31.2 Å². The summed E-state index contributed by atoms with van der Waals surface area (Å²) in [6, 6.07) is 8.85. The van der Waals surface area contributed by atoms with E-state index in [0.29, 0.717) is 6.04 Å². The summed E-state index contributed by atoms with van der Waals surface area (Å²) >= 11 is 6.23. The predicted octanol–water partition coefficient (Wildman–Crippen LogP) is 2.91. The van der Waals surface area contributed by atoms with E-state index in [2.05, 4.69) is 29.3 Å². The zero-order valence-corrected chi connectivity index (χ0v) is 11.2. The van der Waals surface area contributed by atoms with Crippen molar-refractivity contribution in [2.75, 3.05) is 19.6 Å². The molecule has 0 bridgehead atoms. The van der Waals surface area contributed by atoms with Crippen LogP contribution in [-0.4, -0.2) is 30.6 Å². The highest BCUT2D eigenvalue weighted by atomic mass is 35.5. The maximum absolute atomic E-state index is 6.23. The summed E-state index contributed by atoms with van der Waals surface area (Å²) in [6.45, 7) is 6.62. The minimum atomic E-state index is 0.672. The van der Waals surface area contributed by atoms with E-state index in [1.165, 1.54) is 18.4 Å². The van der Waals surface area contributed by atoms with Gasteiger partial charge in [0.15, 0.2) is 0 Å². The molecule has 1 aliphatic rings. The summed E-state index contributed by atoms with van der Waals surface area (Å²) < 4.78 is 0. The molecule has 1 N–H and O–H groups in total. The Morgan fingerprint density at radius 3 is 2.88 bits per heavy atom. The van der Waals surface area contributed by atoms with Crippen LogP contribution < -0.4 is 5.32 Å². The van der Waals surface area contributed by atoms with Crippen molar-refractivity contribution in [2.45, 2.75) is 32.4 Å². The lowest BCUT2D eigenvalue weighted by atomic mass is 10.1. The third-order valence-corrected chi connectivity index (χ3v) is 3.76. The molecule has 0 saturated carbocycles. The van der Waals surface area contributed by atoms with E-state index >= 15 is 0 Å². The number of halogens is 1. The number of rotatable bonds is 5. The summed E-state index contributed by atoms with van der Waals surface area (Å²) in [5.41, 5.74) is 1.24. The van der Waals surface area contributed by atoms with E-state index in [1.54, 1.807) is 0 Å². The van der Waals surface area contributed by atoms with Crippen molar-refractivity contribution in [3.05, 3.63) is 34.9 Å². The van der Waals surface area contributed by atoms with Gasteiger partial charge in [0, 0.05) is 24.2 Å². The monoisotopic (exact) mass is 252 g/mol. The Balaban J connectivity index is 2.04. The predicted molar refractivity (Wildman–Crippen MR) is 73.4 cm³/mol. The van der Waals surface area contributed by atoms with Crippen LogP contribution in [0.3, 0.4) is 0 Å². The van der Waals surface area contributed by atoms with Crippen LogP contribution in [0.4, 0.5) is 0 Å².